The van der Waals surface area contributed by atoms with Crippen LogP contribution in [0.3, 0.4) is 0 Å². The molecule has 33 heavy (non-hydrogen) atoms. The Kier molecular flexibility index (Phi) is 6.14. The standard InChI is InChI=1S/C22H24N4O5S2/c27-21(26-11-9-22(10-12-26)30-13-14-31-22)18(15-16-5-2-1-3-6-16)25-33(28,29)19-8-4-7-17-20(19)24-32-23-17/h1-8,18,25H,9-15H2/t18-/m1/s1. The lowest BCUT2D eigenvalue weighted by Crippen LogP contribution is -2.54. The third kappa shape index (κ3) is 4.64. The Morgan fingerprint density at radius 2 is 1.79 bits per heavy atom. The monoisotopic (exact) mass is 488 g/mol. The summed E-state index contributed by atoms with van der Waals surface area (Å²) in [5, 5.41) is 0. The van der Waals surface area contributed by atoms with E-state index in [-0.39, 0.29) is 17.2 Å². The lowest BCUT2D eigenvalue weighted by molar-refractivity contribution is -0.187. The van der Waals surface area contributed by atoms with Crippen LogP contribution in [-0.2, 0) is 30.7 Å². The topological polar surface area (TPSA) is 111 Å². The first-order valence-electron chi connectivity index (χ1n) is 10.8. The Hall–Kier alpha value is -2.44. The highest BCUT2D eigenvalue weighted by molar-refractivity contribution is 7.89. The highest BCUT2D eigenvalue weighted by Crippen LogP contribution is 2.31. The molecule has 0 aliphatic carbocycles. The molecule has 11 heteroatoms. The van der Waals surface area contributed by atoms with Gasteiger partial charge in [0.05, 0.1) is 24.9 Å². The minimum absolute atomic E-state index is 0.0185. The molecule has 2 aliphatic heterocycles. The van der Waals surface area contributed by atoms with E-state index in [1.54, 1.807) is 17.0 Å². The third-order valence-corrected chi connectivity index (χ3v) is 8.11. The van der Waals surface area contributed by atoms with Crippen LogP contribution in [0.5, 0.6) is 0 Å². The molecule has 1 aromatic heterocycles. The number of amides is 1. The first kappa shape index (κ1) is 22.4. The van der Waals surface area contributed by atoms with Crippen LogP contribution in [-0.4, -0.2) is 66.1 Å². The van der Waals surface area contributed by atoms with Crippen LogP contribution in [0, 0.1) is 0 Å². The lowest BCUT2D eigenvalue weighted by Gasteiger charge is -2.38. The molecule has 5 rings (SSSR count). The average molecular weight is 489 g/mol. The van der Waals surface area contributed by atoms with Crippen molar-refractivity contribution >= 4 is 38.7 Å². The molecule has 3 heterocycles. The number of sulfonamides is 1. The Balaban J connectivity index is 1.40. The SMILES string of the molecule is O=C([C@@H](Cc1ccccc1)NS(=O)(=O)c1cccc2nsnc12)N1CCC2(CC1)OCCO2. The number of aromatic nitrogens is 2. The van der Waals surface area contributed by atoms with Crippen molar-refractivity contribution in [2.75, 3.05) is 26.3 Å². The van der Waals surface area contributed by atoms with Crippen molar-refractivity contribution in [2.45, 2.75) is 36.0 Å². The third-order valence-electron chi connectivity index (χ3n) is 6.07. The van der Waals surface area contributed by atoms with Crippen molar-refractivity contribution in [1.82, 2.24) is 18.4 Å². The molecule has 2 saturated heterocycles. The number of hydrogen-bond donors (Lipinski definition) is 1. The zero-order valence-electron chi connectivity index (χ0n) is 17.8. The summed E-state index contributed by atoms with van der Waals surface area (Å²) < 4.78 is 49.1. The smallest absolute Gasteiger partial charge is 0.243 e. The van der Waals surface area contributed by atoms with Crippen LogP contribution in [0.15, 0.2) is 53.4 Å². The predicted molar refractivity (Wildman–Crippen MR) is 122 cm³/mol. The molecule has 1 spiro atoms. The fourth-order valence-electron chi connectivity index (χ4n) is 4.35. The number of fused-ring (bicyclic) bond motifs is 1. The molecule has 9 nitrogen and oxygen atoms in total. The molecule has 1 amide bonds. The summed E-state index contributed by atoms with van der Waals surface area (Å²) >= 11 is 0.952. The van der Waals surface area contributed by atoms with Gasteiger partial charge >= 0.3 is 0 Å². The second-order valence-electron chi connectivity index (χ2n) is 8.18. The van der Waals surface area contributed by atoms with Crippen LogP contribution >= 0.6 is 11.7 Å². The van der Waals surface area contributed by atoms with Gasteiger partial charge in [0.15, 0.2) is 5.79 Å². The maximum absolute atomic E-state index is 13.5. The number of nitrogens with one attached hydrogen (secondary N) is 1. The number of ether oxygens (including phenoxy) is 2. The number of carbonyl (C=O) groups is 1. The number of likely N-dealkylation sites (tertiary alicyclic amines) is 1. The van der Waals surface area contributed by atoms with Crippen molar-refractivity contribution in [3.8, 4) is 0 Å². The molecule has 2 fully saturated rings. The summed E-state index contributed by atoms with van der Waals surface area (Å²) in [6.07, 6.45) is 1.36. The Labute approximate surface area is 196 Å². The van der Waals surface area contributed by atoms with Gasteiger partial charge < -0.3 is 14.4 Å². The van der Waals surface area contributed by atoms with E-state index in [1.165, 1.54) is 6.07 Å². The molecular formula is C22H24N4O5S2. The molecule has 2 aromatic carbocycles. The van der Waals surface area contributed by atoms with E-state index in [4.69, 9.17) is 9.47 Å². The maximum atomic E-state index is 13.5. The van der Waals surface area contributed by atoms with Gasteiger partial charge in [-0.15, -0.1) is 0 Å². The molecular weight excluding hydrogens is 464 g/mol. The van der Waals surface area contributed by atoms with Gasteiger partial charge in [-0.2, -0.15) is 13.5 Å². The van der Waals surface area contributed by atoms with Gasteiger partial charge in [0.25, 0.3) is 0 Å². The van der Waals surface area contributed by atoms with Crippen molar-refractivity contribution < 1.29 is 22.7 Å². The lowest BCUT2D eigenvalue weighted by atomic mass is 10.0. The predicted octanol–water partition coefficient (Wildman–Crippen LogP) is 1.95. The summed E-state index contributed by atoms with van der Waals surface area (Å²) in [6.45, 7) is 2.00. The molecule has 1 atom stereocenters. The number of piperidine rings is 1. The summed E-state index contributed by atoms with van der Waals surface area (Å²) in [5.74, 6) is -0.878. The van der Waals surface area contributed by atoms with Gasteiger partial charge in [0.1, 0.15) is 22.0 Å². The zero-order valence-corrected chi connectivity index (χ0v) is 19.5. The Bertz CT molecular complexity index is 1230. The number of hydrogen-bond acceptors (Lipinski definition) is 8. The van der Waals surface area contributed by atoms with E-state index in [2.05, 4.69) is 13.5 Å². The van der Waals surface area contributed by atoms with E-state index in [0.717, 1.165) is 17.3 Å². The Morgan fingerprint density at radius 3 is 2.52 bits per heavy atom. The molecule has 0 bridgehead atoms. The van der Waals surface area contributed by atoms with Crippen molar-refractivity contribution in [1.29, 1.82) is 0 Å². The highest BCUT2D eigenvalue weighted by Gasteiger charge is 2.42. The van der Waals surface area contributed by atoms with Crippen LogP contribution in [0.1, 0.15) is 18.4 Å². The molecule has 3 aromatic rings. The van der Waals surface area contributed by atoms with E-state index in [1.807, 2.05) is 30.3 Å². The Morgan fingerprint density at radius 1 is 1.06 bits per heavy atom. The summed E-state index contributed by atoms with van der Waals surface area (Å²) in [5.41, 5.74) is 1.67. The first-order valence-corrected chi connectivity index (χ1v) is 13.0. The fraction of sp³-hybridized carbons (Fsp3) is 0.409. The number of benzene rings is 2. The number of rotatable bonds is 6. The zero-order chi connectivity index (χ0) is 22.9. The fourth-order valence-corrected chi connectivity index (χ4v) is 6.31. The molecule has 174 valence electrons. The number of carbonyl (C=O) groups excluding carboxylic acids is 1. The van der Waals surface area contributed by atoms with Gasteiger partial charge in [0.2, 0.25) is 15.9 Å². The minimum atomic E-state index is -4.02. The van der Waals surface area contributed by atoms with Crippen LogP contribution in [0.25, 0.3) is 11.0 Å². The number of nitrogens with zero attached hydrogens (tertiary/aromatic N) is 3. The van der Waals surface area contributed by atoms with Crippen molar-refractivity contribution in [2.24, 2.45) is 0 Å². The summed E-state index contributed by atoms with van der Waals surface area (Å²) in [6, 6.07) is 13.2. The van der Waals surface area contributed by atoms with Gasteiger partial charge in [0, 0.05) is 25.9 Å². The van der Waals surface area contributed by atoms with Crippen molar-refractivity contribution in [3.63, 3.8) is 0 Å². The summed E-state index contributed by atoms with van der Waals surface area (Å²) in [4.78, 5) is 15.2. The van der Waals surface area contributed by atoms with Gasteiger partial charge in [-0.25, -0.2) is 8.42 Å². The van der Waals surface area contributed by atoms with Crippen LogP contribution in [0.2, 0.25) is 0 Å². The normalized spacial score (nSPS) is 19.2. The largest absolute Gasteiger partial charge is 0.347 e. The molecule has 0 saturated carbocycles. The van der Waals surface area contributed by atoms with E-state index >= 15 is 0 Å². The first-order chi connectivity index (χ1) is 16.0. The molecule has 1 N–H and O–H groups in total. The minimum Gasteiger partial charge on any atom is -0.347 e. The quantitative estimate of drug-likeness (QED) is 0.565. The van der Waals surface area contributed by atoms with Crippen LogP contribution in [0.4, 0.5) is 0 Å². The second kappa shape index (κ2) is 9.07. The average Bonchev–Trinajstić information content (AvgIpc) is 3.49. The molecule has 0 unspecified atom stereocenters. The molecule has 2 aliphatic rings. The van der Waals surface area contributed by atoms with E-state index in [0.29, 0.717) is 50.2 Å². The second-order valence-corrected chi connectivity index (χ2v) is 10.4. The van der Waals surface area contributed by atoms with Gasteiger partial charge in [-0.3, -0.25) is 4.79 Å². The van der Waals surface area contributed by atoms with Crippen LogP contribution < -0.4 is 4.72 Å². The van der Waals surface area contributed by atoms with Crippen molar-refractivity contribution in [3.05, 3.63) is 54.1 Å². The maximum Gasteiger partial charge on any atom is 0.243 e. The van der Waals surface area contributed by atoms with E-state index in [9.17, 15) is 13.2 Å². The molecule has 0 radical (unpaired) electrons. The van der Waals surface area contributed by atoms with Gasteiger partial charge in [-0.05, 0) is 24.1 Å². The van der Waals surface area contributed by atoms with Gasteiger partial charge in [-0.1, -0.05) is 36.4 Å². The highest BCUT2D eigenvalue weighted by atomic mass is 32.2. The summed E-state index contributed by atoms with van der Waals surface area (Å²) in [7, 11) is -4.02. The van der Waals surface area contributed by atoms with E-state index < -0.39 is 21.9 Å².